The Hall–Kier alpha value is -6.09. The van der Waals surface area contributed by atoms with Crippen molar-refractivity contribution in [2.45, 2.75) is 72.3 Å². The lowest BCUT2D eigenvalue weighted by molar-refractivity contribution is -0.000739. The number of pyridine rings is 2. The maximum absolute atomic E-state index is 14.8. The van der Waals surface area contributed by atoms with E-state index in [1.807, 2.05) is 82.3 Å². The van der Waals surface area contributed by atoms with E-state index in [1.54, 1.807) is 25.3 Å². The summed E-state index contributed by atoms with van der Waals surface area (Å²) in [6, 6.07) is 19.0. The van der Waals surface area contributed by atoms with Gasteiger partial charge in [-0.2, -0.15) is 9.97 Å². The summed E-state index contributed by atoms with van der Waals surface area (Å²) in [5.74, 6) is 2.53. The summed E-state index contributed by atoms with van der Waals surface area (Å²) in [4.78, 5) is 42.8. The number of aryl methyl sites for hydroxylation is 1. The second-order valence-electron chi connectivity index (χ2n) is 15.3. The predicted molar refractivity (Wildman–Crippen MR) is 220 cm³/mol. The molecule has 0 bridgehead atoms. The Balaban J connectivity index is 1.38. The third-order valence-corrected chi connectivity index (χ3v) is 9.81. The lowest BCUT2D eigenvalue weighted by atomic mass is 10.0. The first-order valence-electron chi connectivity index (χ1n) is 19.2. The molecule has 2 atom stereocenters. The molecular weight excluding hydrogens is 742 g/mol. The van der Waals surface area contributed by atoms with Crippen LogP contribution in [-0.2, 0) is 17.8 Å². The molecule has 6 rings (SSSR count). The number of hydrogen-bond acceptors (Lipinski definition) is 13. The molecule has 1 aliphatic rings. The molecule has 0 radical (unpaired) electrons. The molecular formula is C43H52FN9O5. The van der Waals surface area contributed by atoms with E-state index in [-0.39, 0.29) is 24.1 Å². The van der Waals surface area contributed by atoms with Crippen LogP contribution in [0.15, 0.2) is 73.1 Å². The normalized spacial score (nSPS) is 15.1. The number of benzene rings is 2. The average molecular weight is 794 g/mol. The summed E-state index contributed by atoms with van der Waals surface area (Å²) < 4.78 is 36.4. The molecule has 1 aliphatic heterocycles. The highest BCUT2D eigenvalue weighted by molar-refractivity contribution is 5.75. The van der Waals surface area contributed by atoms with Gasteiger partial charge in [-0.3, -0.25) is 4.90 Å². The first kappa shape index (κ1) is 41.5. The Bertz CT molecular complexity index is 2130. The number of aromatic nitrogens is 5. The van der Waals surface area contributed by atoms with E-state index < -0.39 is 11.4 Å². The molecule has 0 unspecified atom stereocenters. The lowest BCUT2D eigenvalue weighted by Crippen LogP contribution is -2.54. The van der Waals surface area contributed by atoms with Gasteiger partial charge in [-0.25, -0.2) is 24.1 Å². The van der Waals surface area contributed by atoms with Gasteiger partial charge in [0.1, 0.15) is 28.7 Å². The van der Waals surface area contributed by atoms with E-state index in [0.717, 1.165) is 28.2 Å². The van der Waals surface area contributed by atoms with E-state index in [0.29, 0.717) is 67.4 Å². The smallest absolute Gasteiger partial charge is 0.410 e. The van der Waals surface area contributed by atoms with Crippen molar-refractivity contribution in [3.63, 3.8) is 0 Å². The molecule has 0 saturated carbocycles. The van der Waals surface area contributed by atoms with E-state index in [4.69, 9.17) is 38.9 Å². The summed E-state index contributed by atoms with van der Waals surface area (Å²) >= 11 is 0. The first-order chi connectivity index (χ1) is 27.7. The van der Waals surface area contributed by atoms with Crippen LogP contribution in [0.3, 0.4) is 0 Å². The molecule has 1 N–H and O–H groups in total. The summed E-state index contributed by atoms with van der Waals surface area (Å²) in [6.45, 7) is 14.3. The molecule has 2 aromatic carbocycles. The fourth-order valence-corrected chi connectivity index (χ4v) is 6.82. The third-order valence-electron chi connectivity index (χ3n) is 9.81. The number of amides is 1. The van der Waals surface area contributed by atoms with Crippen LogP contribution >= 0.6 is 0 Å². The largest absolute Gasteiger partial charge is 0.497 e. The molecule has 306 valence electrons. The highest BCUT2D eigenvalue weighted by Gasteiger charge is 2.33. The minimum absolute atomic E-state index is 0.0290. The van der Waals surface area contributed by atoms with Crippen LogP contribution in [0, 0.1) is 12.7 Å². The van der Waals surface area contributed by atoms with Crippen LogP contribution in [0.1, 0.15) is 63.2 Å². The molecule has 1 saturated heterocycles. The summed E-state index contributed by atoms with van der Waals surface area (Å²) in [5, 5.41) is 3.25. The van der Waals surface area contributed by atoms with Crippen LogP contribution in [0.25, 0.3) is 11.4 Å². The van der Waals surface area contributed by atoms with Gasteiger partial charge >= 0.3 is 6.09 Å². The van der Waals surface area contributed by atoms with Crippen molar-refractivity contribution >= 4 is 23.5 Å². The van der Waals surface area contributed by atoms with Crippen molar-refractivity contribution in [2.75, 3.05) is 51.2 Å². The topological polar surface area (TPSA) is 140 Å². The molecule has 1 amide bonds. The van der Waals surface area contributed by atoms with Crippen molar-refractivity contribution in [3.8, 4) is 28.8 Å². The van der Waals surface area contributed by atoms with Crippen LogP contribution < -0.4 is 24.4 Å². The summed E-state index contributed by atoms with van der Waals surface area (Å²) in [5.41, 5.74) is 3.34. The Morgan fingerprint density at radius 2 is 1.53 bits per heavy atom. The SMILES string of the molecule is COc1ccc(CN(Cc2ccc(OC)cc2)c2nc(C)nc(-c3cc([C@H](C)N4CCN(C(=O)OC(C)(C)C)C[C@@H]4C)cnc3Nc3cnc(OC)c(F)c3)n2)cc1. The molecule has 0 aliphatic carbocycles. The van der Waals surface area contributed by atoms with Gasteiger partial charge in [0.05, 0.1) is 38.8 Å². The zero-order valence-electron chi connectivity index (χ0n) is 34.6. The molecule has 4 heterocycles. The van der Waals surface area contributed by atoms with Gasteiger partial charge < -0.3 is 34.1 Å². The number of halogens is 1. The van der Waals surface area contributed by atoms with E-state index in [1.165, 1.54) is 19.4 Å². The zero-order chi connectivity index (χ0) is 41.6. The lowest BCUT2D eigenvalue weighted by Gasteiger charge is -2.43. The van der Waals surface area contributed by atoms with Crippen LogP contribution in [0.5, 0.6) is 17.4 Å². The molecule has 15 heteroatoms. The molecule has 3 aromatic heterocycles. The Kier molecular flexibility index (Phi) is 12.9. The molecule has 58 heavy (non-hydrogen) atoms. The van der Waals surface area contributed by atoms with Crippen molar-refractivity contribution in [1.82, 2.24) is 34.7 Å². The summed E-state index contributed by atoms with van der Waals surface area (Å²) in [6.07, 6.45) is 2.96. The Labute approximate surface area is 339 Å². The quantitative estimate of drug-likeness (QED) is 0.124. The summed E-state index contributed by atoms with van der Waals surface area (Å²) in [7, 11) is 4.65. The van der Waals surface area contributed by atoms with E-state index in [9.17, 15) is 9.18 Å². The number of ether oxygens (including phenoxy) is 4. The second-order valence-corrected chi connectivity index (χ2v) is 15.3. The molecule has 5 aromatic rings. The number of hydrogen-bond donors (Lipinski definition) is 1. The van der Waals surface area contributed by atoms with Crippen LogP contribution in [0.2, 0.25) is 0 Å². The van der Waals surface area contributed by atoms with Crippen molar-refractivity contribution < 1.29 is 28.1 Å². The van der Waals surface area contributed by atoms with Gasteiger partial charge in [0, 0.05) is 57.1 Å². The number of piperazine rings is 1. The predicted octanol–water partition coefficient (Wildman–Crippen LogP) is 7.75. The third kappa shape index (κ3) is 10.3. The number of carbonyl (C=O) groups is 1. The number of nitrogens with zero attached hydrogens (tertiary/aromatic N) is 8. The number of carbonyl (C=O) groups excluding carboxylic acids is 1. The van der Waals surface area contributed by atoms with E-state index >= 15 is 0 Å². The van der Waals surface area contributed by atoms with Gasteiger partial charge in [0.2, 0.25) is 11.8 Å². The van der Waals surface area contributed by atoms with Crippen molar-refractivity contribution in [2.24, 2.45) is 0 Å². The Morgan fingerprint density at radius 1 is 0.897 bits per heavy atom. The monoisotopic (exact) mass is 793 g/mol. The average Bonchev–Trinajstić information content (AvgIpc) is 3.20. The molecule has 1 fully saturated rings. The zero-order valence-corrected chi connectivity index (χ0v) is 34.6. The van der Waals surface area contributed by atoms with Crippen LogP contribution in [-0.4, -0.2) is 93.4 Å². The maximum atomic E-state index is 14.8. The number of rotatable bonds is 13. The highest BCUT2D eigenvalue weighted by Crippen LogP contribution is 2.34. The number of anilines is 3. The molecule has 14 nitrogen and oxygen atoms in total. The van der Waals surface area contributed by atoms with Gasteiger partial charge in [-0.1, -0.05) is 24.3 Å². The standard InChI is InChI=1S/C43H52FN9O5/c1-27-24-51(42(54)58-43(4,5)6)18-19-53(27)28(2)32-20-36(38(45-22-32)49-33-21-37(44)40(57-9)46-23-33)39-47-29(3)48-41(50-39)52(25-30-10-14-34(55-7)15-11-30)26-31-12-16-35(56-8)17-13-31/h10-17,20-23,27-28H,18-19,24-26H2,1-9H3,(H,45,49)/t27-,28-/m0/s1. The van der Waals surface area contributed by atoms with Gasteiger partial charge in [0.15, 0.2) is 11.6 Å². The van der Waals surface area contributed by atoms with Gasteiger partial charge in [-0.15, -0.1) is 0 Å². The number of nitrogens with one attached hydrogen (secondary N) is 1. The van der Waals surface area contributed by atoms with Gasteiger partial charge in [0.25, 0.3) is 0 Å². The number of methoxy groups -OCH3 is 3. The minimum Gasteiger partial charge on any atom is -0.497 e. The van der Waals surface area contributed by atoms with Crippen molar-refractivity contribution in [3.05, 3.63) is 101 Å². The highest BCUT2D eigenvalue weighted by atomic mass is 19.1. The fourth-order valence-electron chi connectivity index (χ4n) is 6.82. The fraction of sp³-hybridized carbons (Fsp3) is 0.395. The first-order valence-corrected chi connectivity index (χ1v) is 19.2. The maximum Gasteiger partial charge on any atom is 0.410 e. The van der Waals surface area contributed by atoms with Crippen LogP contribution in [0.4, 0.5) is 26.6 Å². The minimum atomic E-state index is -0.621. The molecule has 0 spiro atoms. The van der Waals surface area contributed by atoms with E-state index in [2.05, 4.69) is 33.9 Å². The van der Waals surface area contributed by atoms with Crippen molar-refractivity contribution in [1.29, 1.82) is 0 Å². The van der Waals surface area contributed by atoms with Gasteiger partial charge in [-0.05, 0) is 88.6 Å². The Morgan fingerprint density at radius 3 is 2.09 bits per heavy atom. The second kappa shape index (κ2) is 18.0.